The average Bonchev–Trinajstić information content (AvgIpc) is 2.89. The number of hydrogen-bond acceptors (Lipinski definition) is 3. The first-order valence-corrected chi connectivity index (χ1v) is 9.97. The molecule has 3 rings (SSSR count). The van der Waals surface area contributed by atoms with Crippen molar-refractivity contribution in [3.8, 4) is 0 Å². The number of hydrogen-bond donors (Lipinski definition) is 1. The maximum atomic E-state index is 12.8. The van der Waals surface area contributed by atoms with Crippen LogP contribution in [-0.4, -0.2) is 39.3 Å². The summed E-state index contributed by atoms with van der Waals surface area (Å²) in [4.78, 5) is 28.7. The number of rotatable bonds is 6. The molecule has 1 aliphatic heterocycles. The number of anilines is 1. The Morgan fingerprint density at radius 1 is 1.07 bits per heavy atom. The second-order valence-electron chi connectivity index (χ2n) is 6.39. The lowest BCUT2D eigenvalue weighted by molar-refractivity contribution is -0.130. The molecule has 0 unspecified atom stereocenters. The average molecular weight is 436 g/mol. The molecule has 1 aliphatic rings. The van der Waals surface area contributed by atoms with Crippen molar-refractivity contribution in [3.05, 3.63) is 64.1 Å². The first-order chi connectivity index (χ1) is 13.4. The summed E-state index contributed by atoms with van der Waals surface area (Å²) in [6.07, 6.45) is 0.00564. The zero-order chi connectivity index (χ0) is 20.3. The molecule has 1 heterocycles. The van der Waals surface area contributed by atoms with E-state index in [9.17, 15) is 9.59 Å². The predicted octanol–water partition coefficient (Wildman–Crippen LogP) is 4.34. The highest BCUT2D eigenvalue weighted by atomic mass is 35.5. The van der Waals surface area contributed by atoms with E-state index in [-0.39, 0.29) is 18.2 Å². The molecule has 2 aromatic carbocycles. The summed E-state index contributed by atoms with van der Waals surface area (Å²) in [6.45, 7) is 2.75. The predicted molar refractivity (Wildman–Crippen MR) is 115 cm³/mol. The lowest BCUT2D eigenvalue weighted by atomic mass is 10.1. The van der Waals surface area contributed by atoms with Crippen LogP contribution in [0.1, 0.15) is 18.9 Å². The Balaban J connectivity index is 1.75. The van der Waals surface area contributed by atoms with Gasteiger partial charge in [0, 0.05) is 28.8 Å². The van der Waals surface area contributed by atoms with Crippen LogP contribution in [0.15, 0.2) is 48.5 Å². The van der Waals surface area contributed by atoms with Crippen LogP contribution in [0, 0.1) is 0 Å². The molecule has 2 aromatic rings. The highest BCUT2D eigenvalue weighted by Crippen LogP contribution is 2.24. The van der Waals surface area contributed by atoms with Gasteiger partial charge < -0.3 is 10.2 Å². The van der Waals surface area contributed by atoms with Gasteiger partial charge in [0.1, 0.15) is 6.04 Å². The maximum absolute atomic E-state index is 12.8. The molecule has 5 nitrogen and oxygen atoms in total. The van der Waals surface area contributed by atoms with Crippen molar-refractivity contribution in [1.82, 2.24) is 9.80 Å². The van der Waals surface area contributed by atoms with Gasteiger partial charge in [0.15, 0.2) is 5.11 Å². The van der Waals surface area contributed by atoms with Crippen molar-refractivity contribution in [2.45, 2.75) is 25.9 Å². The van der Waals surface area contributed by atoms with Crippen LogP contribution in [0.25, 0.3) is 0 Å². The molecule has 2 amide bonds. The van der Waals surface area contributed by atoms with Gasteiger partial charge in [-0.25, -0.2) is 0 Å². The first-order valence-electron chi connectivity index (χ1n) is 8.81. The Kier molecular flexibility index (Phi) is 6.54. The minimum Gasteiger partial charge on any atom is -0.332 e. The van der Waals surface area contributed by atoms with Crippen molar-refractivity contribution in [1.29, 1.82) is 0 Å². The normalized spacial score (nSPS) is 16.6. The number of benzene rings is 2. The van der Waals surface area contributed by atoms with Gasteiger partial charge in [0.25, 0.3) is 5.91 Å². The summed E-state index contributed by atoms with van der Waals surface area (Å²) in [5.41, 5.74) is 1.58. The standard InChI is InChI=1S/C20H19Cl2N3O2S/c1-2-24-19(27)17(11-18(26)23-16-9-7-15(22)8-10-16)25(20(24)28)12-13-3-5-14(21)6-4-13/h3-10,17H,2,11-12H2,1H3,(H,23,26)/t17-/m1/s1. The zero-order valence-corrected chi connectivity index (χ0v) is 17.5. The van der Waals surface area contributed by atoms with Crippen LogP contribution in [0.5, 0.6) is 0 Å². The molecule has 1 saturated heterocycles. The summed E-state index contributed by atoms with van der Waals surface area (Å²) in [5.74, 6) is -0.421. The molecule has 0 spiro atoms. The second kappa shape index (κ2) is 8.90. The van der Waals surface area contributed by atoms with E-state index in [2.05, 4.69) is 5.32 Å². The fourth-order valence-electron chi connectivity index (χ4n) is 3.07. The van der Waals surface area contributed by atoms with Crippen molar-refractivity contribution in [2.24, 2.45) is 0 Å². The van der Waals surface area contributed by atoms with E-state index in [1.807, 2.05) is 19.1 Å². The van der Waals surface area contributed by atoms with Crippen LogP contribution in [0.3, 0.4) is 0 Å². The van der Waals surface area contributed by atoms with Gasteiger partial charge in [-0.1, -0.05) is 35.3 Å². The molecule has 1 fully saturated rings. The zero-order valence-electron chi connectivity index (χ0n) is 15.2. The summed E-state index contributed by atoms with van der Waals surface area (Å²) >= 11 is 17.3. The largest absolute Gasteiger partial charge is 0.332 e. The Bertz CT molecular complexity index is 887. The molecule has 8 heteroatoms. The van der Waals surface area contributed by atoms with Gasteiger partial charge in [-0.2, -0.15) is 0 Å². The van der Waals surface area contributed by atoms with Crippen molar-refractivity contribution in [3.63, 3.8) is 0 Å². The second-order valence-corrected chi connectivity index (χ2v) is 7.63. The van der Waals surface area contributed by atoms with E-state index in [0.717, 1.165) is 5.56 Å². The molecule has 0 bridgehead atoms. The first kappa shape index (κ1) is 20.6. The minimum absolute atomic E-state index is 0.00564. The van der Waals surface area contributed by atoms with Crippen LogP contribution in [0.4, 0.5) is 5.69 Å². The summed E-state index contributed by atoms with van der Waals surface area (Å²) in [6, 6.07) is 13.5. The van der Waals surface area contributed by atoms with E-state index in [1.54, 1.807) is 41.3 Å². The topological polar surface area (TPSA) is 52.7 Å². The molecule has 1 atom stereocenters. The van der Waals surface area contributed by atoms with Gasteiger partial charge in [-0.05, 0) is 61.1 Å². The molecule has 146 valence electrons. The van der Waals surface area contributed by atoms with Crippen LogP contribution in [-0.2, 0) is 16.1 Å². The Morgan fingerprint density at radius 2 is 1.64 bits per heavy atom. The lowest BCUT2D eigenvalue weighted by Crippen LogP contribution is -2.37. The third kappa shape index (κ3) is 4.63. The van der Waals surface area contributed by atoms with Crippen molar-refractivity contribution < 1.29 is 9.59 Å². The highest BCUT2D eigenvalue weighted by Gasteiger charge is 2.42. The third-order valence-electron chi connectivity index (χ3n) is 4.49. The smallest absolute Gasteiger partial charge is 0.252 e. The number of carbonyl (C=O) groups is 2. The Labute approximate surface area is 179 Å². The van der Waals surface area contributed by atoms with E-state index >= 15 is 0 Å². The lowest BCUT2D eigenvalue weighted by Gasteiger charge is -2.24. The molecule has 0 aliphatic carbocycles. The fourth-order valence-corrected chi connectivity index (χ4v) is 3.73. The highest BCUT2D eigenvalue weighted by molar-refractivity contribution is 7.80. The van der Waals surface area contributed by atoms with E-state index in [0.29, 0.717) is 33.9 Å². The number of carbonyl (C=O) groups excluding carboxylic acids is 2. The molecule has 28 heavy (non-hydrogen) atoms. The van der Waals surface area contributed by atoms with Gasteiger partial charge in [0.05, 0.1) is 6.42 Å². The van der Waals surface area contributed by atoms with Crippen LogP contribution >= 0.6 is 35.4 Å². The number of halogens is 2. The molecular formula is C20H19Cl2N3O2S. The molecule has 0 saturated carbocycles. The molecule has 1 N–H and O–H groups in total. The van der Waals surface area contributed by atoms with Gasteiger partial charge in [-0.15, -0.1) is 0 Å². The monoisotopic (exact) mass is 435 g/mol. The van der Waals surface area contributed by atoms with Gasteiger partial charge >= 0.3 is 0 Å². The number of likely N-dealkylation sites (N-methyl/N-ethyl adjacent to an activating group) is 1. The van der Waals surface area contributed by atoms with Gasteiger partial charge in [-0.3, -0.25) is 14.5 Å². The molecule has 0 aromatic heterocycles. The summed E-state index contributed by atoms with van der Waals surface area (Å²) in [7, 11) is 0. The minimum atomic E-state index is -0.643. The fraction of sp³-hybridized carbons (Fsp3) is 0.250. The van der Waals surface area contributed by atoms with Crippen molar-refractivity contribution >= 4 is 58.0 Å². The Hall–Kier alpha value is -2.15. The van der Waals surface area contributed by atoms with E-state index in [4.69, 9.17) is 35.4 Å². The quantitative estimate of drug-likeness (QED) is 0.685. The number of nitrogens with one attached hydrogen (secondary N) is 1. The van der Waals surface area contributed by atoms with Crippen molar-refractivity contribution in [2.75, 3.05) is 11.9 Å². The van der Waals surface area contributed by atoms with Gasteiger partial charge in [0.2, 0.25) is 5.91 Å². The maximum Gasteiger partial charge on any atom is 0.252 e. The number of thiocarbonyl (C=S) groups is 1. The summed E-state index contributed by atoms with van der Waals surface area (Å²) < 4.78 is 0. The van der Waals surface area contributed by atoms with E-state index < -0.39 is 6.04 Å². The molecule has 0 radical (unpaired) electrons. The summed E-state index contributed by atoms with van der Waals surface area (Å²) in [5, 5.41) is 4.46. The SMILES string of the molecule is CCN1C(=O)[C@@H](CC(=O)Nc2ccc(Cl)cc2)N(Cc2ccc(Cl)cc2)C1=S. The van der Waals surface area contributed by atoms with E-state index in [1.165, 1.54) is 4.90 Å². The Morgan fingerprint density at radius 3 is 2.21 bits per heavy atom. The molecular weight excluding hydrogens is 417 g/mol. The number of amides is 2. The van der Waals surface area contributed by atoms with Crippen LogP contribution < -0.4 is 5.32 Å². The third-order valence-corrected chi connectivity index (χ3v) is 5.45. The van der Waals surface area contributed by atoms with Crippen LogP contribution in [0.2, 0.25) is 10.0 Å². The number of nitrogens with zero attached hydrogens (tertiary/aromatic N) is 2.